The van der Waals surface area contributed by atoms with Gasteiger partial charge in [-0.05, 0) is 49.3 Å². The van der Waals surface area contributed by atoms with Crippen LogP contribution in [0.3, 0.4) is 0 Å². The highest BCUT2D eigenvalue weighted by molar-refractivity contribution is 7.89. The van der Waals surface area contributed by atoms with Crippen LogP contribution in [0, 0.1) is 5.92 Å². The highest BCUT2D eigenvalue weighted by Crippen LogP contribution is 2.25. The summed E-state index contributed by atoms with van der Waals surface area (Å²) in [6.45, 7) is 4.35. The van der Waals surface area contributed by atoms with Gasteiger partial charge < -0.3 is 0 Å². The summed E-state index contributed by atoms with van der Waals surface area (Å²) in [6, 6.07) is 7.52. The van der Waals surface area contributed by atoms with Gasteiger partial charge in [-0.1, -0.05) is 58.1 Å². The highest BCUT2D eigenvalue weighted by atomic mass is 32.2. The molecule has 0 radical (unpaired) electrons. The van der Waals surface area contributed by atoms with Gasteiger partial charge in [0.1, 0.15) is 0 Å². The molecule has 0 aliphatic heterocycles. The monoisotopic (exact) mass is 337 g/mol. The Kier molecular flexibility index (Phi) is 7.09. The van der Waals surface area contributed by atoms with Gasteiger partial charge in [0.15, 0.2) is 0 Å². The van der Waals surface area contributed by atoms with Crippen LogP contribution in [0.4, 0.5) is 0 Å². The van der Waals surface area contributed by atoms with Gasteiger partial charge >= 0.3 is 0 Å². The maximum Gasteiger partial charge on any atom is 0.240 e. The Bertz CT molecular complexity index is 566. The molecule has 2 rings (SSSR count). The Morgan fingerprint density at radius 1 is 1.04 bits per heavy atom. The minimum Gasteiger partial charge on any atom is -0.208 e. The van der Waals surface area contributed by atoms with Crippen LogP contribution in [0.1, 0.15) is 70.8 Å². The number of benzene rings is 1. The van der Waals surface area contributed by atoms with Crippen LogP contribution in [-0.4, -0.2) is 14.5 Å². The summed E-state index contributed by atoms with van der Waals surface area (Å²) in [5.74, 6) is 0.427. The lowest BCUT2D eigenvalue weighted by atomic mass is 9.87. The van der Waals surface area contributed by atoms with Gasteiger partial charge in [-0.25, -0.2) is 13.1 Å². The van der Waals surface area contributed by atoms with Gasteiger partial charge in [0, 0.05) is 6.04 Å². The van der Waals surface area contributed by atoms with Crippen LogP contribution in [0.2, 0.25) is 0 Å². The van der Waals surface area contributed by atoms with Crippen LogP contribution in [0.5, 0.6) is 0 Å². The van der Waals surface area contributed by atoms with Crippen molar-refractivity contribution in [3.05, 3.63) is 29.8 Å². The second kappa shape index (κ2) is 8.84. The van der Waals surface area contributed by atoms with Gasteiger partial charge in [-0.3, -0.25) is 0 Å². The maximum absolute atomic E-state index is 12.5. The molecule has 1 aromatic carbocycles. The van der Waals surface area contributed by atoms with Gasteiger partial charge in [0.2, 0.25) is 10.0 Å². The summed E-state index contributed by atoms with van der Waals surface area (Å²) in [5, 5.41) is 0. The minimum absolute atomic E-state index is 0.0856. The molecule has 1 fully saturated rings. The Balaban J connectivity index is 1.94. The Hall–Kier alpha value is -0.870. The smallest absolute Gasteiger partial charge is 0.208 e. The first-order valence-corrected chi connectivity index (χ1v) is 10.6. The van der Waals surface area contributed by atoms with Crippen molar-refractivity contribution in [2.24, 2.45) is 5.92 Å². The predicted octanol–water partition coefficient (Wildman–Crippen LogP) is 4.67. The van der Waals surface area contributed by atoms with E-state index in [0.29, 0.717) is 10.8 Å². The largest absolute Gasteiger partial charge is 0.240 e. The molecule has 0 aromatic heterocycles. The van der Waals surface area contributed by atoms with Crippen LogP contribution in [0.25, 0.3) is 0 Å². The van der Waals surface area contributed by atoms with Crippen molar-refractivity contribution in [2.75, 3.05) is 0 Å². The average molecular weight is 338 g/mol. The van der Waals surface area contributed by atoms with E-state index in [1.54, 1.807) is 12.1 Å². The third-order valence-electron chi connectivity index (χ3n) is 4.97. The topological polar surface area (TPSA) is 46.2 Å². The molecule has 0 spiro atoms. The van der Waals surface area contributed by atoms with E-state index in [1.165, 1.54) is 37.7 Å². The van der Waals surface area contributed by atoms with Crippen molar-refractivity contribution in [2.45, 2.75) is 82.6 Å². The number of nitrogens with one attached hydrogen (secondary N) is 1. The van der Waals surface area contributed by atoms with Crippen LogP contribution < -0.4 is 4.72 Å². The Labute approximate surface area is 141 Å². The van der Waals surface area contributed by atoms with Crippen molar-refractivity contribution in [3.63, 3.8) is 0 Å². The SMILES string of the molecule is CCCCCCc1ccc(S(=O)(=O)NC2CCCCC2C)cc1. The molecule has 1 N–H and O–H groups in total. The second-order valence-corrected chi connectivity index (χ2v) is 8.66. The molecular weight excluding hydrogens is 306 g/mol. The number of aryl methyl sites for hydroxylation is 1. The maximum atomic E-state index is 12.5. The van der Waals surface area contributed by atoms with Crippen molar-refractivity contribution >= 4 is 10.0 Å². The third kappa shape index (κ3) is 5.61. The molecule has 130 valence electrons. The van der Waals surface area contributed by atoms with Crippen molar-refractivity contribution < 1.29 is 8.42 Å². The average Bonchev–Trinajstić information content (AvgIpc) is 2.54. The quantitative estimate of drug-likeness (QED) is 0.701. The standard InChI is InChI=1S/C19H31NO2S/c1-3-4-5-6-10-17-12-14-18(15-13-17)23(21,22)20-19-11-8-7-9-16(19)2/h12-16,19-20H,3-11H2,1-2H3. The fourth-order valence-electron chi connectivity index (χ4n) is 3.35. The molecule has 2 unspecified atom stereocenters. The zero-order chi connectivity index (χ0) is 16.7. The lowest BCUT2D eigenvalue weighted by molar-refractivity contribution is 0.310. The van der Waals surface area contributed by atoms with Crippen molar-refractivity contribution in [3.8, 4) is 0 Å². The zero-order valence-corrected chi connectivity index (χ0v) is 15.4. The molecule has 0 saturated heterocycles. The van der Waals surface area contributed by atoms with E-state index in [1.807, 2.05) is 12.1 Å². The first-order valence-electron chi connectivity index (χ1n) is 9.14. The van der Waals surface area contributed by atoms with Crippen LogP contribution in [0.15, 0.2) is 29.2 Å². The summed E-state index contributed by atoms with van der Waals surface area (Å²) in [6.07, 6.45) is 10.4. The zero-order valence-electron chi connectivity index (χ0n) is 14.6. The molecule has 3 nitrogen and oxygen atoms in total. The van der Waals surface area contributed by atoms with Crippen LogP contribution >= 0.6 is 0 Å². The molecule has 1 aliphatic carbocycles. The summed E-state index contributed by atoms with van der Waals surface area (Å²) in [4.78, 5) is 0.396. The number of hydrogen-bond acceptors (Lipinski definition) is 2. The number of rotatable bonds is 8. The second-order valence-electron chi connectivity index (χ2n) is 6.94. The Morgan fingerprint density at radius 2 is 1.74 bits per heavy atom. The number of unbranched alkanes of at least 4 members (excludes halogenated alkanes) is 3. The number of sulfonamides is 1. The summed E-state index contributed by atoms with van der Waals surface area (Å²) < 4.78 is 28.0. The Morgan fingerprint density at radius 3 is 2.39 bits per heavy atom. The van der Waals surface area contributed by atoms with E-state index in [4.69, 9.17) is 0 Å². The van der Waals surface area contributed by atoms with Gasteiger partial charge in [-0.15, -0.1) is 0 Å². The normalized spacial score (nSPS) is 22.2. The molecular formula is C19H31NO2S. The van der Waals surface area contributed by atoms with Crippen LogP contribution in [-0.2, 0) is 16.4 Å². The van der Waals surface area contributed by atoms with Gasteiger partial charge in [-0.2, -0.15) is 0 Å². The molecule has 1 aliphatic rings. The molecule has 0 bridgehead atoms. The first kappa shape index (κ1) is 18.5. The lowest BCUT2D eigenvalue weighted by Crippen LogP contribution is -2.40. The highest BCUT2D eigenvalue weighted by Gasteiger charge is 2.26. The van der Waals surface area contributed by atoms with Gasteiger partial charge in [0.25, 0.3) is 0 Å². The fourth-order valence-corrected chi connectivity index (χ4v) is 4.73. The molecule has 1 saturated carbocycles. The molecule has 1 aromatic rings. The summed E-state index contributed by atoms with van der Waals surface area (Å²) in [7, 11) is -3.39. The molecule has 23 heavy (non-hydrogen) atoms. The van der Waals surface area contributed by atoms with E-state index >= 15 is 0 Å². The summed E-state index contributed by atoms with van der Waals surface area (Å²) in [5.41, 5.74) is 1.23. The third-order valence-corrected chi connectivity index (χ3v) is 6.48. The first-order chi connectivity index (χ1) is 11.0. The van der Waals surface area contributed by atoms with E-state index in [0.717, 1.165) is 25.7 Å². The number of hydrogen-bond donors (Lipinski definition) is 1. The van der Waals surface area contributed by atoms with Crippen molar-refractivity contribution in [1.82, 2.24) is 4.72 Å². The molecule has 0 amide bonds. The molecule has 4 heteroatoms. The minimum atomic E-state index is -3.39. The van der Waals surface area contributed by atoms with Crippen molar-refractivity contribution in [1.29, 1.82) is 0 Å². The fraction of sp³-hybridized carbons (Fsp3) is 0.684. The molecule has 0 heterocycles. The van der Waals surface area contributed by atoms with E-state index in [-0.39, 0.29) is 6.04 Å². The van der Waals surface area contributed by atoms with E-state index in [2.05, 4.69) is 18.6 Å². The van der Waals surface area contributed by atoms with E-state index < -0.39 is 10.0 Å². The lowest BCUT2D eigenvalue weighted by Gasteiger charge is -2.29. The van der Waals surface area contributed by atoms with E-state index in [9.17, 15) is 8.42 Å². The summed E-state index contributed by atoms with van der Waals surface area (Å²) >= 11 is 0. The van der Waals surface area contributed by atoms with Gasteiger partial charge in [0.05, 0.1) is 4.90 Å². The predicted molar refractivity (Wildman–Crippen MR) is 96.0 cm³/mol. The molecule has 2 atom stereocenters.